The summed E-state index contributed by atoms with van der Waals surface area (Å²) in [5.41, 5.74) is 0.602. The number of aryl methyl sites for hydroxylation is 1. The lowest BCUT2D eigenvalue weighted by Gasteiger charge is -2.22. The van der Waals surface area contributed by atoms with Gasteiger partial charge in [0, 0.05) is 5.56 Å². The molecule has 1 N–H and O–H groups in total. The number of nitrogens with zero attached hydrogens (tertiary/aromatic N) is 1. The van der Waals surface area contributed by atoms with Gasteiger partial charge in [0.15, 0.2) is 0 Å². The van der Waals surface area contributed by atoms with Gasteiger partial charge in [-0.05, 0) is 25.5 Å². The molecule has 1 aliphatic rings. The maximum atomic E-state index is 13.6. The van der Waals surface area contributed by atoms with Crippen LogP contribution < -0.4 is 5.32 Å². The van der Waals surface area contributed by atoms with E-state index in [2.05, 4.69) is 5.32 Å². The van der Waals surface area contributed by atoms with Crippen molar-refractivity contribution in [3.05, 3.63) is 71.0 Å². The van der Waals surface area contributed by atoms with Crippen molar-refractivity contribution in [2.75, 3.05) is 6.54 Å². The van der Waals surface area contributed by atoms with Crippen LogP contribution in [0.5, 0.6) is 0 Å². The largest absolute Gasteiger partial charge is 0.459 e. The van der Waals surface area contributed by atoms with Crippen molar-refractivity contribution >= 4 is 17.9 Å². The summed E-state index contributed by atoms with van der Waals surface area (Å²) in [7, 11) is 0. The Bertz CT molecular complexity index is 897. The maximum absolute atomic E-state index is 13.6. The van der Waals surface area contributed by atoms with Crippen LogP contribution in [-0.2, 0) is 26.5 Å². The minimum Gasteiger partial charge on any atom is -0.459 e. The molecule has 3 amide bonds. The lowest BCUT2D eigenvalue weighted by Crippen LogP contribution is -2.41. The number of hydrogen-bond acceptors (Lipinski definition) is 4. The molecule has 0 spiro atoms. The molecule has 1 fully saturated rings. The molecular formula is C20H19FN2O4. The highest BCUT2D eigenvalue weighted by Gasteiger charge is 2.49. The summed E-state index contributed by atoms with van der Waals surface area (Å²) < 4.78 is 18.6. The number of imide groups is 1. The monoisotopic (exact) mass is 370 g/mol. The molecule has 0 aliphatic carbocycles. The van der Waals surface area contributed by atoms with Crippen LogP contribution in [0.25, 0.3) is 0 Å². The van der Waals surface area contributed by atoms with Gasteiger partial charge in [-0.2, -0.15) is 0 Å². The third-order valence-electron chi connectivity index (χ3n) is 4.54. The van der Waals surface area contributed by atoms with Gasteiger partial charge in [0.2, 0.25) is 0 Å². The summed E-state index contributed by atoms with van der Waals surface area (Å²) in [6.45, 7) is 2.69. The third-order valence-corrected chi connectivity index (χ3v) is 4.54. The molecule has 7 heteroatoms. The van der Waals surface area contributed by atoms with Gasteiger partial charge in [-0.1, -0.05) is 48.0 Å². The Balaban J connectivity index is 1.67. The van der Waals surface area contributed by atoms with Crippen LogP contribution in [0.4, 0.5) is 9.18 Å². The highest BCUT2D eigenvalue weighted by molar-refractivity contribution is 6.08. The summed E-state index contributed by atoms with van der Waals surface area (Å²) in [6.07, 6.45) is 0. The van der Waals surface area contributed by atoms with Crippen LogP contribution in [0.2, 0.25) is 0 Å². The van der Waals surface area contributed by atoms with Crippen molar-refractivity contribution in [1.82, 2.24) is 10.2 Å². The highest BCUT2D eigenvalue weighted by Crippen LogP contribution is 2.29. The molecule has 1 atom stereocenters. The number of ether oxygens (including phenoxy) is 1. The summed E-state index contributed by atoms with van der Waals surface area (Å²) >= 11 is 0. The highest BCUT2D eigenvalue weighted by atomic mass is 19.1. The van der Waals surface area contributed by atoms with E-state index in [0.717, 1.165) is 10.5 Å². The van der Waals surface area contributed by atoms with Gasteiger partial charge in [0.1, 0.15) is 24.5 Å². The fraction of sp³-hybridized carbons (Fsp3) is 0.250. The lowest BCUT2D eigenvalue weighted by molar-refractivity contribution is -0.148. The van der Waals surface area contributed by atoms with Crippen LogP contribution in [0.15, 0.2) is 48.5 Å². The first-order chi connectivity index (χ1) is 12.8. The summed E-state index contributed by atoms with van der Waals surface area (Å²) in [5.74, 6) is -1.83. The van der Waals surface area contributed by atoms with Gasteiger partial charge in [-0.3, -0.25) is 14.5 Å². The molecule has 3 rings (SSSR count). The molecule has 27 heavy (non-hydrogen) atoms. The zero-order valence-electron chi connectivity index (χ0n) is 15.0. The molecule has 0 aromatic heterocycles. The quantitative estimate of drug-likeness (QED) is 0.649. The van der Waals surface area contributed by atoms with E-state index in [0.29, 0.717) is 5.56 Å². The van der Waals surface area contributed by atoms with Crippen molar-refractivity contribution in [3.8, 4) is 0 Å². The molecule has 6 nitrogen and oxygen atoms in total. The van der Waals surface area contributed by atoms with Gasteiger partial charge >= 0.3 is 12.0 Å². The zero-order valence-corrected chi connectivity index (χ0v) is 15.0. The smallest absolute Gasteiger partial charge is 0.326 e. The molecule has 2 aromatic carbocycles. The van der Waals surface area contributed by atoms with Crippen molar-refractivity contribution in [2.45, 2.75) is 26.0 Å². The number of rotatable bonds is 5. The van der Waals surface area contributed by atoms with Gasteiger partial charge in [0.05, 0.1) is 0 Å². The average molecular weight is 370 g/mol. The van der Waals surface area contributed by atoms with Gasteiger partial charge in [0.25, 0.3) is 5.91 Å². The summed E-state index contributed by atoms with van der Waals surface area (Å²) in [4.78, 5) is 37.8. The van der Waals surface area contributed by atoms with Crippen LogP contribution in [0.1, 0.15) is 23.6 Å². The number of carbonyl (C=O) groups excluding carboxylic acids is 3. The van der Waals surface area contributed by atoms with E-state index in [1.165, 1.54) is 18.2 Å². The predicted molar refractivity (Wildman–Crippen MR) is 95.0 cm³/mol. The van der Waals surface area contributed by atoms with Crippen LogP contribution in [0.3, 0.4) is 0 Å². The Morgan fingerprint density at radius 3 is 2.48 bits per heavy atom. The number of nitrogens with one attached hydrogen (secondary N) is 1. The second-order valence-corrected chi connectivity index (χ2v) is 6.56. The third kappa shape index (κ3) is 3.67. The second kappa shape index (κ2) is 7.19. The SMILES string of the molecule is Cc1ccc([C@]2(C)NC(=O)N(CC(=O)OCc3ccccc3F)C2=O)cc1. The van der Waals surface area contributed by atoms with Crippen LogP contribution in [-0.4, -0.2) is 29.4 Å². The fourth-order valence-electron chi connectivity index (χ4n) is 2.87. The number of amides is 3. The van der Waals surface area contributed by atoms with Crippen LogP contribution in [0, 0.1) is 12.7 Å². The normalized spacial score (nSPS) is 19.1. The zero-order chi connectivity index (χ0) is 19.6. The molecule has 0 radical (unpaired) electrons. The molecule has 1 heterocycles. The Hall–Kier alpha value is -3.22. The van der Waals surface area contributed by atoms with E-state index in [9.17, 15) is 18.8 Å². The number of urea groups is 1. The fourth-order valence-corrected chi connectivity index (χ4v) is 2.87. The molecule has 0 bridgehead atoms. The Labute approximate surface area is 155 Å². The van der Waals surface area contributed by atoms with E-state index in [1.54, 1.807) is 25.1 Å². The van der Waals surface area contributed by atoms with Crippen molar-refractivity contribution < 1.29 is 23.5 Å². The lowest BCUT2D eigenvalue weighted by atomic mass is 9.91. The topological polar surface area (TPSA) is 75.7 Å². The Morgan fingerprint density at radius 2 is 1.81 bits per heavy atom. The molecule has 0 saturated carbocycles. The first-order valence-corrected chi connectivity index (χ1v) is 8.41. The predicted octanol–water partition coefficient (Wildman–Crippen LogP) is 2.64. The minimum atomic E-state index is -1.25. The number of halogens is 1. The molecule has 1 saturated heterocycles. The molecule has 2 aromatic rings. The number of esters is 1. The maximum Gasteiger partial charge on any atom is 0.326 e. The van der Waals surface area contributed by atoms with Crippen LogP contribution >= 0.6 is 0 Å². The minimum absolute atomic E-state index is 0.215. The number of hydrogen-bond donors (Lipinski definition) is 1. The van der Waals surface area contributed by atoms with Gasteiger partial charge in [-0.15, -0.1) is 0 Å². The van der Waals surface area contributed by atoms with Crippen molar-refractivity contribution in [1.29, 1.82) is 0 Å². The van der Waals surface area contributed by atoms with E-state index in [-0.39, 0.29) is 12.2 Å². The standard InChI is InChI=1S/C20H19FN2O4/c1-13-7-9-15(10-8-13)20(2)18(25)23(19(26)22-20)11-17(24)27-12-14-5-3-4-6-16(14)21/h3-10H,11-12H2,1-2H3,(H,22,26)/t20-/m0/s1. The average Bonchev–Trinajstić information content (AvgIpc) is 2.85. The van der Waals surface area contributed by atoms with Crippen molar-refractivity contribution in [2.24, 2.45) is 0 Å². The van der Waals surface area contributed by atoms with E-state index < -0.39 is 35.8 Å². The van der Waals surface area contributed by atoms with E-state index in [1.807, 2.05) is 19.1 Å². The molecule has 1 aliphatic heterocycles. The van der Waals surface area contributed by atoms with E-state index >= 15 is 0 Å². The first kappa shape index (κ1) is 18.6. The number of benzene rings is 2. The molecular weight excluding hydrogens is 351 g/mol. The van der Waals surface area contributed by atoms with Gasteiger partial charge < -0.3 is 10.1 Å². The second-order valence-electron chi connectivity index (χ2n) is 6.56. The Kier molecular flexibility index (Phi) is 4.94. The van der Waals surface area contributed by atoms with Gasteiger partial charge in [-0.25, -0.2) is 9.18 Å². The van der Waals surface area contributed by atoms with E-state index in [4.69, 9.17) is 4.74 Å². The first-order valence-electron chi connectivity index (χ1n) is 8.41. The molecule has 0 unspecified atom stereocenters. The number of carbonyl (C=O) groups is 3. The van der Waals surface area contributed by atoms with Crippen molar-refractivity contribution in [3.63, 3.8) is 0 Å². The summed E-state index contributed by atoms with van der Waals surface area (Å²) in [6, 6.07) is 12.4. The molecule has 140 valence electrons. The summed E-state index contributed by atoms with van der Waals surface area (Å²) in [5, 5.41) is 2.62. The Morgan fingerprint density at radius 1 is 1.15 bits per heavy atom.